The Morgan fingerprint density at radius 1 is 1.24 bits per heavy atom. The molecule has 0 saturated heterocycles. The molecule has 0 atom stereocenters. The van der Waals surface area contributed by atoms with Gasteiger partial charge in [-0.1, -0.05) is 44.2 Å². The van der Waals surface area contributed by atoms with Crippen LogP contribution in [0.2, 0.25) is 0 Å². The van der Waals surface area contributed by atoms with Crippen molar-refractivity contribution in [3.05, 3.63) is 53.6 Å². The number of thiocarbonyl (C=S) groups is 1. The first kappa shape index (κ1) is 17.2. The zero-order chi connectivity index (χ0) is 17.8. The van der Waals surface area contributed by atoms with Gasteiger partial charge in [0, 0.05) is 5.39 Å². The number of aromatic nitrogens is 2. The third-order valence-corrected chi connectivity index (χ3v) is 3.92. The van der Waals surface area contributed by atoms with Gasteiger partial charge in [0.15, 0.2) is 10.9 Å². The summed E-state index contributed by atoms with van der Waals surface area (Å²) in [5.41, 5.74) is 8.75. The first-order valence-electron chi connectivity index (χ1n) is 8.27. The van der Waals surface area contributed by atoms with Crippen LogP contribution in [0.3, 0.4) is 0 Å². The minimum absolute atomic E-state index is 0.189. The van der Waals surface area contributed by atoms with Crippen molar-refractivity contribution in [3.63, 3.8) is 0 Å². The molecule has 0 saturated carbocycles. The molecule has 1 aromatic heterocycles. The lowest BCUT2D eigenvalue weighted by atomic mass is 10.0. The maximum absolute atomic E-state index is 6.08. The molecular formula is C19H22N4OS. The predicted octanol–water partition coefficient (Wildman–Crippen LogP) is 4.00. The van der Waals surface area contributed by atoms with E-state index >= 15 is 0 Å². The summed E-state index contributed by atoms with van der Waals surface area (Å²) in [5.74, 6) is 1.94. The van der Waals surface area contributed by atoms with E-state index in [-0.39, 0.29) is 5.11 Å². The molecule has 5 nitrogen and oxygen atoms in total. The minimum atomic E-state index is 0.189. The second-order valence-corrected chi connectivity index (χ2v) is 6.89. The fraction of sp³-hybridized carbons (Fsp3) is 0.263. The van der Waals surface area contributed by atoms with Gasteiger partial charge in [0.2, 0.25) is 0 Å². The Balaban J connectivity index is 1.96. The van der Waals surface area contributed by atoms with Gasteiger partial charge < -0.3 is 15.8 Å². The summed E-state index contributed by atoms with van der Waals surface area (Å²) in [5, 5.41) is 11.3. The van der Waals surface area contributed by atoms with Crippen molar-refractivity contribution in [1.82, 2.24) is 10.2 Å². The van der Waals surface area contributed by atoms with E-state index < -0.39 is 0 Å². The molecule has 0 aliphatic rings. The zero-order valence-electron chi connectivity index (χ0n) is 14.4. The monoisotopic (exact) mass is 354 g/mol. The summed E-state index contributed by atoms with van der Waals surface area (Å²) in [6, 6.07) is 14.3. The second kappa shape index (κ2) is 7.53. The van der Waals surface area contributed by atoms with Crippen molar-refractivity contribution in [1.29, 1.82) is 0 Å². The topological polar surface area (TPSA) is 76.0 Å². The number of rotatable bonds is 6. The number of nitrogens with one attached hydrogen (secondary N) is 2. The molecule has 0 unspecified atom stereocenters. The van der Waals surface area contributed by atoms with Gasteiger partial charge in [0.25, 0.3) is 0 Å². The van der Waals surface area contributed by atoms with Gasteiger partial charge in [0.1, 0.15) is 17.9 Å². The molecule has 6 heteroatoms. The highest BCUT2D eigenvalue weighted by Gasteiger charge is 2.14. The number of ether oxygens (including phenoxy) is 1. The number of H-pyrrole nitrogens is 1. The van der Waals surface area contributed by atoms with Crippen LogP contribution in [0.5, 0.6) is 5.75 Å². The molecule has 0 spiro atoms. The van der Waals surface area contributed by atoms with Crippen molar-refractivity contribution < 1.29 is 4.74 Å². The minimum Gasteiger partial charge on any atom is -0.487 e. The summed E-state index contributed by atoms with van der Waals surface area (Å²) in [6.45, 7) is 4.88. The molecular weight excluding hydrogens is 332 g/mol. The third kappa shape index (κ3) is 4.28. The van der Waals surface area contributed by atoms with Gasteiger partial charge in [-0.05, 0) is 47.8 Å². The summed E-state index contributed by atoms with van der Waals surface area (Å²) in [7, 11) is 0. The van der Waals surface area contributed by atoms with Crippen LogP contribution in [-0.2, 0) is 13.0 Å². The summed E-state index contributed by atoms with van der Waals surface area (Å²) in [4.78, 5) is 0. The summed E-state index contributed by atoms with van der Waals surface area (Å²) >= 11 is 4.94. The fourth-order valence-electron chi connectivity index (χ4n) is 2.80. The van der Waals surface area contributed by atoms with Gasteiger partial charge >= 0.3 is 0 Å². The molecule has 0 aliphatic heterocycles. The third-order valence-electron chi connectivity index (χ3n) is 3.82. The average Bonchev–Trinajstić information content (AvgIpc) is 2.95. The number of fused-ring (bicyclic) bond motifs is 1. The van der Waals surface area contributed by atoms with Crippen LogP contribution in [0, 0.1) is 5.92 Å². The predicted molar refractivity (Wildman–Crippen MR) is 106 cm³/mol. The number of hydrogen-bond acceptors (Lipinski definition) is 3. The average molecular weight is 354 g/mol. The largest absolute Gasteiger partial charge is 0.487 e. The van der Waals surface area contributed by atoms with E-state index in [4.69, 9.17) is 22.7 Å². The molecule has 130 valence electrons. The molecule has 0 amide bonds. The van der Waals surface area contributed by atoms with Crippen LogP contribution >= 0.6 is 12.2 Å². The normalized spacial score (nSPS) is 11.0. The van der Waals surface area contributed by atoms with Crippen molar-refractivity contribution in [2.24, 2.45) is 11.7 Å². The maximum Gasteiger partial charge on any atom is 0.169 e. The molecule has 0 bridgehead atoms. The molecule has 0 fully saturated rings. The number of hydrogen-bond donors (Lipinski definition) is 3. The van der Waals surface area contributed by atoms with E-state index in [2.05, 4.69) is 41.5 Å². The molecule has 2 aromatic carbocycles. The molecule has 4 N–H and O–H groups in total. The van der Waals surface area contributed by atoms with Crippen LogP contribution in [-0.4, -0.2) is 15.3 Å². The maximum atomic E-state index is 6.08. The summed E-state index contributed by atoms with van der Waals surface area (Å²) in [6.07, 6.45) is 0.954. The van der Waals surface area contributed by atoms with Crippen LogP contribution in [0.25, 0.3) is 10.9 Å². The Morgan fingerprint density at radius 3 is 2.68 bits per heavy atom. The molecule has 3 rings (SSSR count). The van der Waals surface area contributed by atoms with Crippen LogP contribution in [0.15, 0.2) is 42.5 Å². The van der Waals surface area contributed by atoms with Crippen molar-refractivity contribution >= 4 is 34.1 Å². The van der Waals surface area contributed by atoms with E-state index in [0.717, 1.165) is 28.6 Å². The highest BCUT2D eigenvalue weighted by atomic mass is 32.1. The number of aromatic amines is 1. The van der Waals surface area contributed by atoms with Crippen LogP contribution < -0.4 is 15.8 Å². The Hall–Kier alpha value is -2.60. The van der Waals surface area contributed by atoms with E-state index in [1.54, 1.807) is 0 Å². The van der Waals surface area contributed by atoms with Crippen molar-refractivity contribution in [3.8, 4) is 5.75 Å². The van der Waals surface area contributed by atoms with Gasteiger partial charge in [-0.2, -0.15) is 5.10 Å². The lowest BCUT2D eigenvalue weighted by Gasteiger charge is -2.11. The summed E-state index contributed by atoms with van der Waals surface area (Å²) < 4.78 is 6.08. The number of anilines is 1. The smallest absolute Gasteiger partial charge is 0.169 e. The first-order valence-corrected chi connectivity index (χ1v) is 8.68. The van der Waals surface area contributed by atoms with Crippen molar-refractivity contribution in [2.45, 2.75) is 26.9 Å². The fourth-order valence-corrected chi connectivity index (χ4v) is 2.89. The van der Waals surface area contributed by atoms with Gasteiger partial charge in [-0.25, -0.2) is 0 Å². The highest BCUT2D eigenvalue weighted by molar-refractivity contribution is 7.80. The van der Waals surface area contributed by atoms with Gasteiger partial charge in [-0.15, -0.1) is 0 Å². The lowest BCUT2D eigenvalue weighted by molar-refractivity contribution is 0.309. The lowest BCUT2D eigenvalue weighted by Crippen LogP contribution is -2.19. The highest BCUT2D eigenvalue weighted by Crippen LogP contribution is 2.32. The Bertz CT molecular complexity index is 874. The zero-order valence-corrected chi connectivity index (χ0v) is 15.2. The Kier molecular flexibility index (Phi) is 5.19. The van der Waals surface area contributed by atoms with E-state index in [1.807, 2.05) is 30.3 Å². The van der Waals surface area contributed by atoms with E-state index in [0.29, 0.717) is 18.3 Å². The standard InChI is InChI=1S/C19H22N4OS/c1-12(2)8-14-9-15-17(22-23-18(15)21-19(20)25)16(10-14)24-11-13-6-4-3-5-7-13/h3-7,9-10,12H,8,11H2,1-2H3,(H4,20,21,22,23,25). The Labute approximate surface area is 152 Å². The Morgan fingerprint density at radius 2 is 2.00 bits per heavy atom. The molecule has 0 radical (unpaired) electrons. The van der Waals surface area contributed by atoms with E-state index in [9.17, 15) is 0 Å². The quantitative estimate of drug-likeness (QED) is 0.584. The molecule has 25 heavy (non-hydrogen) atoms. The number of nitrogens with zero attached hydrogens (tertiary/aromatic N) is 1. The van der Waals surface area contributed by atoms with Crippen LogP contribution in [0.1, 0.15) is 25.0 Å². The number of benzene rings is 2. The molecule has 3 aromatic rings. The van der Waals surface area contributed by atoms with E-state index in [1.165, 1.54) is 5.56 Å². The van der Waals surface area contributed by atoms with Crippen molar-refractivity contribution in [2.75, 3.05) is 5.32 Å². The van der Waals surface area contributed by atoms with Crippen LogP contribution in [0.4, 0.5) is 5.82 Å². The molecule has 0 aliphatic carbocycles. The van der Waals surface area contributed by atoms with Gasteiger partial charge in [-0.3, -0.25) is 5.10 Å². The molecule has 1 heterocycles. The number of nitrogens with two attached hydrogens (primary N) is 1. The van der Waals surface area contributed by atoms with Gasteiger partial charge in [0.05, 0.1) is 0 Å². The second-order valence-electron chi connectivity index (χ2n) is 6.45. The SMILES string of the molecule is CC(C)Cc1cc(OCc2ccccc2)c2[nH]nc(NC(N)=S)c2c1. The first-order chi connectivity index (χ1) is 12.0.